The van der Waals surface area contributed by atoms with Gasteiger partial charge in [-0.1, -0.05) is 31.2 Å². The number of anilines is 3. The monoisotopic (exact) mass is 375 g/mol. The fraction of sp³-hybridized carbons (Fsp3) is 0.136. The number of carbonyl (C=O) groups excluding carboxylic acids is 2. The first-order valence-corrected chi connectivity index (χ1v) is 8.91. The average Bonchev–Trinajstić information content (AvgIpc) is 2.74. The van der Waals surface area contributed by atoms with Gasteiger partial charge < -0.3 is 15.4 Å². The third-order valence-corrected chi connectivity index (χ3v) is 4.22. The summed E-state index contributed by atoms with van der Waals surface area (Å²) in [7, 11) is 1.30. The van der Waals surface area contributed by atoms with E-state index in [1.165, 1.54) is 12.7 Å². The van der Waals surface area contributed by atoms with Crippen molar-refractivity contribution in [3.8, 4) is 0 Å². The molecule has 0 aliphatic rings. The Hall–Kier alpha value is -3.67. The molecule has 0 unspecified atom stereocenters. The molecule has 6 heteroatoms. The summed E-state index contributed by atoms with van der Waals surface area (Å²) in [6.07, 6.45) is 2.54. The maximum atomic E-state index is 12.6. The molecule has 0 aliphatic carbocycles. The van der Waals surface area contributed by atoms with Crippen LogP contribution in [0, 0.1) is 0 Å². The maximum absolute atomic E-state index is 12.6. The van der Waals surface area contributed by atoms with Crippen LogP contribution in [-0.2, 0) is 11.2 Å². The van der Waals surface area contributed by atoms with Crippen molar-refractivity contribution in [1.29, 1.82) is 0 Å². The van der Waals surface area contributed by atoms with Crippen molar-refractivity contribution in [2.24, 2.45) is 0 Å². The molecule has 0 fully saturated rings. The normalized spacial score (nSPS) is 10.2. The lowest BCUT2D eigenvalue weighted by molar-refractivity contribution is 0.0602. The van der Waals surface area contributed by atoms with E-state index in [1.807, 2.05) is 12.1 Å². The largest absolute Gasteiger partial charge is 0.465 e. The molecule has 1 heterocycles. The molecule has 142 valence electrons. The van der Waals surface area contributed by atoms with Crippen molar-refractivity contribution >= 4 is 28.9 Å². The fourth-order valence-electron chi connectivity index (χ4n) is 2.69. The minimum atomic E-state index is -0.519. The molecule has 0 atom stereocenters. The number of methoxy groups -OCH3 is 1. The van der Waals surface area contributed by atoms with Crippen molar-refractivity contribution in [2.75, 3.05) is 17.7 Å². The van der Waals surface area contributed by atoms with Crippen molar-refractivity contribution in [3.05, 3.63) is 83.7 Å². The molecule has 0 spiro atoms. The molecule has 1 aromatic heterocycles. The van der Waals surface area contributed by atoms with Crippen molar-refractivity contribution in [1.82, 2.24) is 4.98 Å². The molecule has 0 bridgehead atoms. The number of aromatic nitrogens is 1. The van der Waals surface area contributed by atoms with Crippen LogP contribution >= 0.6 is 0 Å². The van der Waals surface area contributed by atoms with Gasteiger partial charge in [0, 0.05) is 17.6 Å². The fourth-order valence-corrected chi connectivity index (χ4v) is 2.69. The topological polar surface area (TPSA) is 80.3 Å². The Labute approximate surface area is 163 Å². The van der Waals surface area contributed by atoms with Crippen LogP contribution in [-0.4, -0.2) is 24.0 Å². The molecule has 1 amide bonds. The van der Waals surface area contributed by atoms with Gasteiger partial charge >= 0.3 is 5.97 Å². The maximum Gasteiger partial charge on any atom is 0.339 e. The minimum absolute atomic E-state index is 0.231. The Morgan fingerprint density at radius 2 is 1.75 bits per heavy atom. The number of esters is 1. The third-order valence-electron chi connectivity index (χ3n) is 4.22. The molecule has 6 nitrogen and oxygen atoms in total. The number of ether oxygens (including phenoxy) is 1. The number of amides is 1. The molecular formula is C22H21N3O3. The Kier molecular flexibility index (Phi) is 6.01. The minimum Gasteiger partial charge on any atom is -0.465 e. The molecular weight excluding hydrogens is 354 g/mol. The highest BCUT2D eigenvalue weighted by molar-refractivity contribution is 6.07. The second kappa shape index (κ2) is 8.81. The Morgan fingerprint density at radius 3 is 2.46 bits per heavy atom. The lowest BCUT2D eigenvalue weighted by Crippen LogP contribution is -2.16. The summed E-state index contributed by atoms with van der Waals surface area (Å²) in [6.45, 7) is 2.11. The number of para-hydroxylation sites is 1. The number of carbonyl (C=O) groups is 2. The highest BCUT2D eigenvalue weighted by atomic mass is 16.5. The van der Waals surface area contributed by atoms with E-state index >= 15 is 0 Å². The van der Waals surface area contributed by atoms with Crippen molar-refractivity contribution < 1.29 is 14.3 Å². The zero-order valence-corrected chi connectivity index (χ0v) is 15.7. The predicted octanol–water partition coefficient (Wildman–Crippen LogP) is 4.43. The number of benzene rings is 2. The average molecular weight is 375 g/mol. The van der Waals surface area contributed by atoms with Gasteiger partial charge in [-0.25, -0.2) is 4.79 Å². The molecule has 0 aliphatic heterocycles. The van der Waals surface area contributed by atoms with Gasteiger partial charge in [0.15, 0.2) is 0 Å². The molecule has 3 rings (SSSR count). The molecule has 28 heavy (non-hydrogen) atoms. The molecule has 0 saturated carbocycles. The molecule has 0 saturated heterocycles. The van der Waals surface area contributed by atoms with E-state index in [4.69, 9.17) is 4.74 Å². The molecule has 0 radical (unpaired) electrons. The van der Waals surface area contributed by atoms with E-state index in [9.17, 15) is 9.59 Å². The zero-order chi connectivity index (χ0) is 19.9. The summed E-state index contributed by atoms with van der Waals surface area (Å²) in [4.78, 5) is 28.6. The first-order chi connectivity index (χ1) is 13.6. The predicted molar refractivity (Wildman–Crippen MR) is 109 cm³/mol. The van der Waals surface area contributed by atoms with Crippen LogP contribution in [0.25, 0.3) is 0 Å². The van der Waals surface area contributed by atoms with E-state index in [0.717, 1.165) is 17.8 Å². The number of hydrogen-bond donors (Lipinski definition) is 2. The third kappa shape index (κ3) is 4.54. The van der Waals surface area contributed by atoms with Gasteiger partial charge in [-0.15, -0.1) is 0 Å². The van der Waals surface area contributed by atoms with Gasteiger partial charge in [0.05, 0.1) is 18.4 Å². The van der Waals surface area contributed by atoms with Gasteiger partial charge in [-0.2, -0.15) is 0 Å². The van der Waals surface area contributed by atoms with Crippen LogP contribution in [0.5, 0.6) is 0 Å². The Morgan fingerprint density at radius 1 is 1.00 bits per heavy atom. The molecule has 3 aromatic rings. The summed E-state index contributed by atoms with van der Waals surface area (Å²) < 4.78 is 4.75. The van der Waals surface area contributed by atoms with Crippen LogP contribution in [0.4, 0.5) is 17.1 Å². The van der Waals surface area contributed by atoms with Gasteiger partial charge in [-0.05, 0) is 48.4 Å². The van der Waals surface area contributed by atoms with Crippen LogP contribution in [0.3, 0.4) is 0 Å². The lowest BCUT2D eigenvalue weighted by Gasteiger charge is -2.11. The van der Waals surface area contributed by atoms with Crippen LogP contribution in [0.15, 0.2) is 66.9 Å². The summed E-state index contributed by atoms with van der Waals surface area (Å²) in [6, 6.07) is 18.2. The summed E-state index contributed by atoms with van der Waals surface area (Å²) in [5.41, 5.74) is 3.80. The van der Waals surface area contributed by atoms with E-state index < -0.39 is 11.9 Å². The van der Waals surface area contributed by atoms with E-state index in [1.54, 1.807) is 42.6 Å². The lowest BCUT2D eigenvalue weighted by atomic mass is 10.1. The van der Waals surface area contributed by atoms with Gasteiger partial charge in [0.25, 0.3) is 5.91 Å². The Bertz CT molecular complexity index is 984. The quantitative estimate of drug-likeness (QED) is 0.623. The van der Waals surface area contributed by atoms with Crippen molar-refractivity contribution in [2.45, 2.75) is 13.3 Å². The number of nitrogens with zero attached hydrogens (tertiary/aromatic N) is 1. The number of aryl methyl sites for hydroxylation is 1. The van der Waals surface area contributed by atoms with Gasteiger partial charge in [-0.3, -0.25) is 9.78 Å². The SMILES string of the molecule is CCc1ccc(Nc2ccnc(C(=O)Nc3ccccc3C(=O)OC)c2)cc1. The number of rotatable bonds is 6. The summed E-state index contributed by atoms with van der Waals surface area (Å²) in [5, 5.41) is 5.98. The van der Waals surface area contributed by atoms with Crippen LogP contribution < -0.4 is 10.6 Å². The van der Waals surface area contributed by atoms with Gasteiger partial charge in [0.2, 0.25) is 0 Å². The highest BCUT2D eigenvalue weighted by Gasteiger charge is 2.15. The number of hydrogen-bond acceptors (Lipinski definition) is 5. The molecule has 2 aromatic carbocycles. The van der Waals surface area contributed by atoms with Gasteiger partial charge in [0.1, 0.15) is 5.69 Å². The van der Waals surface area contributed by atoms with E-state index in [2.05, 4.69) is 34.7 Å². The first-order valence-electron chi connectivity index (χ1n) is 8.91. The molecule has 2 N–H and O–H groups in total. The number of pyridine rings is 1. The first kappa shape index (κ1) is 19.1. The van der Waals surface area contributed by atoms with E-state index in [0.29, 0.717) is 5.69 Å². The Balaban J connectivity index is 1.76. The number of nitrogens with one attached hydrogen (secondary N) is 2. The van der Waals surface area contributed by atoms with Crippen LogP contribution in [0.1, 0.15) is 33.3 Å². The smallest absolute Gasteiger partial charge is 0.339 e. The second-order valence-electron chi connectivity index (χ2n) is 6.10. The van der Waals surface area contributed by atoms with Crippen LogP contribution in [0.2, 0.25) is 0 Å². The summed E-state index contributed by atoms with van der Waals surface area (Å²) >= 11 is 0. The summed E-state index contributed by atoms with van der Waals surface area (Å²) in [5.74, 6) is -0.934. The van der Waals surface area contributed by atoms with E-state index in [-0.39, 0.29) is 11.3 Å². The second-order valence-corrected chi connectivity index (χ2v) is 6.10. The van der Waals surface area contributed by atoms with Crippen molar-refractivity contribution in [3.63, 3.8) is 0 Å². The standard InChI is InChI=1S/C22H21N3O3/c1-3-15-8-10-16(11-9-15)24-17-12-13-23-20(14-17)21(26)25-19-7-5-4-6-18(19)22(27)28-2/h4-14H,3H2,1-2H3,(H,23,24)(H,25,26). The zero-order valence-electron chi connectivity index (χ0n) is 15.7. The highest BCUT2D eigenvalue weighted by Crippen LogP contribution is 2.20.